The predicted octanol–water partition coefficient (Wildman–Crippen LogP) is 3.02. The molecule has 3 rings (SSSR count). The van der Waals surface area contributed by atoms with Gasteiger partial charge in [-0.25, -0.2) is 4.79 Å². The third-order valence-electron chi connectivity index (χ3n) is 4.50. The highest BCUT2D eigenvalue weighted by molar-refractivity contribution is 7.98. The molecule has 1 aliphatic rings. The maximum Gasteiger partial charge on any atom is 0.338 e. The van der Waals surface area contributed by atoms with E-state index in [2.05, 4.69) is 17.4 Å². The second kappa shape index (κ2) is 10.7. The van der Waals surface area contributed by atoms with Crippen LogP contribution in [0.5, 0.6) is 0 Å². The van der Waals surface area contributed by atoms with Crippen LogP contribution in [0.3, 0.4) is 0 Å². The summed E-state index contributed by atoms with van der Waals surface area (Å²) in [7, 11) is 0. The molecule has 0 aliphatic carbocycles. The monoisotopic (exact) mass is 412 g/mol. The molecule has 2 aromatic rings. The Labute approximate surface area is 174 Å². The van der Waals surface area contributed by atoms with Gasteiger partial charge in [0, 0.05) is 36.7 Å². The van der Waals surface area contributed by atoms with Crippen LogP contribution in [0.25, 0.3) is 0 Å². The second-order valence-corrected chi connectivity index (χ2v) is 7.77. The van der Waals surface area contributed by atoms with E-state index in [4.69, 9.17) is 4.74 Å². The first kappa shape index (κ1) is 20.9. The number of benzene rings is 2. The SMILES string of the molecule is O=C(COC(=O)c1ccc(N2CCCC2=O)cc1)NCCSCc1ccccc1. The van der Waals surface area contributed by atoms with Crippen molar-refractivity contribution in [3.8, 4) is 0 Å². The quantitative estimate of drug-likeness (QED) is 0.506. The Morgan fingerprint density at radius 3 is 2.52 bits per heavy atom. The first-order valence-electron chi connectivity index (χ1n) is 9.59. The molecule has 0 spiro atoms. The van der Waals surface area contributed by atoms with Gasteiger partial charge in [-0.3, -0.25) is 9.59 Å². The number of nitrogens with zero attached hydrogens (tertiary/aromatic N) is 1. The molecule has 6 nitrogen and oxygen atoms in total. The van der Waals surface area contributed by atoms with E-state index < -0.39 is 5.97 Å². The summed E-state index contributed by atoms with van der Waals surface area (Å²) in [4.78, 5) is 37.4. The Morgan fingerprint density at radius 2 is 1.83 bits per heavy atom. The summed E-state index contributed by atoms with van der Waals surface area (Å²) in [6.45, 7) is 0.910. The molecule has 7 heteroatoms. The average Bonchev–Trinajstić information content (AvgIpc) is 3.18. The van der Waals surface area contributed by atoms with Crippen LogP contribution in [0.4, 0.5) is 5.69 Å². The van der Waals surface area contributed by atoms with Crippen LogP contribution in [-0.2, 0) is 20.1 Å². The number of amides is 2. The van der Waals surface area contributed by atoms with Gasteiger partial charge in [0.1, 0.15) is 0 Å². The molecule has 152 valence electrons. The average molecular weight is 413 g/mol. The predicted molar refractivity (Wildman–Crippen MR) is 114 cm³/mol. The summed E-state index contributed by atoms with van der Waals surface area (Å²) >= 11 is 1.73. The van der Waals surface area contributed by atoms with E-state index >= 15 is 0 Å². The smallest absolute Gasteiger partial charge is 0.338 e. The van der Waals surface area contributed by atoms with Gasteiger partial charge < -0.3 is 15.0 Å². The van der Waals surface area contributed by atoms with E-state index in [0.29, 0.717) is 25.1 Å². The highest BCUT2D eigenvalue weighted by atomic mass is 32.2. The molecule has 1 N–H and O–H groups in total. The zero-order valence-corrected chi connectivity index (χ0v) is 17.0. The molecule has 0 saturated carbocycles. The fourth-order valence-corrected chi connectivity index (χ4v) is 3.81. The molecule has 0 bridgehead atoms. The van der Waals surface area contributed by atoms with Crippen LogP contribution in [0.2, 0.25) is 0 Å². The summed E-state index contributed by atoms with van der Waals surface area (Å²) in [6, 6.07) is 16.8. The molecular weight excluding hydrogens is 388 g/mol. The van der Waals surface area contributed by atoms with E-state index in [9.17, 15) is 14.4 Å². The van der Waals surface area contributed by atoms with E-state index in [1.165, 1.54) is 5.56 Å². The van der Waals surface area contributed by atoms with Crippen LogP contribution in [-0.4, -0.2) is 43.2 Å². The van der Waals surface area contributed by atoms with E-state index in [0.717, 1.165) is 23.6 Å². The number of carbonyl (C=O) groups excluding carboxylic acids is 3. The Morgan fingerprint density at radius 1 is 1.07 bits per heavy atom. The fourth-order valence-electron chi connectivity index (χ4n) is 2.99. The van der Waals surface area contributed by atoms with Crippen LogP contribution < -0.4 is 10.2 Å². The van der Waals surface area contributed by atoms with Crippen molar-refractivity contribution in [2.24, 2.45) is 0 Å². The Kier molecular flexibility index (Phi) is 7.69. The van der Waals surface area contributed by atoms with E-state index in [1.807, 2.05) is 18.2 Å². The fraction of sp³-hybridized carbons (Fsp3) is 0.318. The van der Waals surface area contributed by atoms with Crippen molar-refractivity contribution in [2.75, 3.05) is 30.3 Å². The van der Waals surface area contributed by atoms with Crippen molar-refractivity contribution in [3.05, 3.63) is 65.7 Å². The van der Waals surface area contributed by atoms with E-state index in [-0.39, 0.29) is 18.4 Å². The number of ether oxygens (including phenoxy) is 1. The lowest BCUT2D eigenvalue weighted by atomic mass is 10.2. The largest absolute Gasteiger partial charge is 0.452 e. The molecule has 2 amide bonds. The number of carbonyl (C=O) groups is 3. The molecular formula is C22H24N2O4S. The topological polar surface area (TPSA) is 75.7 Å². The van der Waals surface area contributed by atoms with Gasteiger partial charge in [-0.1, -0.05) is 30.3 Å². The van der Waals surface area contributed by atoms with Gasteiger partial charge in [-0.2, -0.15) is 11.8 Å². The van der Waals surface area contributed by atoms with Crippen LogP contribution in [0.1, 0.15) is 28.8 Å². The lowest BCUT2D eigenvalue weighted by Crippen LogP contribution is -2.30. The molecule has 0 unspecified atom stereocenters. The maximum atomic E-state index is 12.1. The minimum atomic E-state index is -0.557. The molecule has 1 heterocycles. The Balaban J connectivity index is 1.33. The zero-order valence-electron chi connectivity index (χ0n) is 16.1. The van der Waals surface area contributed by atoms with Gasteiger partial charge in [0.05, 0.1) is 5.56 Å². The highest BCUT2D eigenvalue weighted by Crippen LogP contribution is 2.21. The molecule has 0 atom stereocenters. The van der Waals surface area contributed by atoms with Gasteiger partial charge in [-0.15, -0.1) is 0 Å². The molecule has 29 heavy (non-hydrogen) atoms. The summed E-state index contributed by atoms with van der Waals surface area (Å²) in [6.07, 6.45) is 1.41. The minimum Gasteiger partial charge on any atom is -0.452 e. The lowest BCUT2D eigenvalue weighted by molar-refractivity contribution is -0.124. The minimum absolute atomic E-state index is 0.0962. The molecule has 0 radical (unpaired) electrons. The Hall–Kier alpha value is -2.80. The third-order valence-corrected chi connectivity index (χ3v) is 5.53. The van der Waals surface area contributed by atoms with Crippen LogP contribution >= 0.6 is 11.8 Å². The molecule has 1 aliphatic heterocycles. The van der Waals surface area contributed by atoms with Crippen molar-refractivity contribution >= 4 is 35.2 Å². The number of nitrogens with one attached hydrogen (secondary N) is 1. The standard InChI is InChI=1S/C22H24N2O4S/c25-20(23-12-14-29-16-17-5-2-1-3-6-17)15-28-22(27)18-8-10-19(11-9-18)24-13-4-7-21(24)26/h1-3,5-6,8-11H,4,7,12-16H2,(H,23,25). The maximum absolute atomic E-state index is 12.1. The van der Waals surface area contributed by atoms with Gasteiger partial charge in [0.25, 0.3) is 5.91 Å². The zero-order chi connectivity index (χ0) is 20.5. The van der Waals surface area contributed by atoms with E-state index in [1.54, 1.807) is 40.9 Å². The Bertz CT molecular complexity index is 840. The summed E-state index contributed by atoms with van der Waals surface area (Å²) in [5, 5.41) is 2.75. The van der Waals surface area contributed by atoms with Crippen molar-refractivity contribution < 1.29 is 19.1 Å². The number of anilines is 1. The van der Waals surface area contributed by atoms with Gasteiger partial charge in [0.15, 0.2) is 6.61 Å². The first-order chi connectivity index (χ1) is 14.1. The number of rotatable bonds is 9. The van der Waals surface area contributed by atoms with Crippen LogP contribution in [0.15, 0.2) is 54.6 Å². The summed E-state index contributed by atoms with van der Waals surface area (Å²) in [5.41, 5.74) is 2.37. The molecule has 0 aromatic heterocycles. The number of thioether (sulfide) groups is 1. The first-order valence-corrected chi connectivity index (χ1v) is 10.7. The molecule has 1 fully saturated rings. The van der Waals surface area contributed by atoms with Crippen molar-refractivity contribution in [1.82, 2.24) is 5.32 Å². The van der Waals surface area contributed by atoms with Crippen molar-refractivity contribution in [1.29, 1.82) is 0 Å². The molecule has 2 aromatic carbocycles. The van der Waals surface area contributed by atoms with Gasteiger partial charge in [0.2, 0.25) is 5.91 Å². The van der Waals surface area contributed by atoms with Crippen molar-refractivity contribution in [2.45, 2.75) is 18.6 Å². The highest BCUT2D eigenvalue weighted by Gasteiger charge is 2.21. The molecule has 1 saturated heterocycles. The lowest BCUT2D eigenvalue weighted by Gasteiger charge is -2.15. The normalized spacial score (nSPS) is 13.4. The van der Waals surface area contributed by atoms with Gasteiger partial charge >= 0.3 is 5.97 Å². The summed E-state index contributed by atoms with van der Waals surface area (Å²) in [5.74, 6) is 0.894. The number of hydrogen-bond acceptors (Lipinski definition) is 5. The number of hydrogen-bond donors (Lipinski definition) is 1. The van der Waals surface area contributed by atoms with Crippen LogP contribution in [0, 0.1) is 0 Å². The van der Waals surface area contributed by atoms with Gasteiger partial charge in [-0.05, 0) is 36.2 Å². The number of esters is 1. The summed E-state index contributed by atoms with van der Waals surface area (Å²) < 4.78 is 5.06. The second-order valence-electron chi connectivity index (χ2n) is 6.66. The van der Waals surface area contributed by atoms with Crippen molar-refractivity contribution in [3.63, 3.8) is 0 Å². The third kappa shape index (κ3) is 6.35.